The van der Waals surface area contributed by atoms with E-state index in [2.05, 4.69) is 10.1 Å². The zero-order valence-corrected chi connectivity index (χ0v) is 18.4. The normalized spacial score (nSPS) is 12.2. The first-order valence-corrected chi connectivity index (χ1v) is 10.9. The quantitative estimate of drug-likeness (QED) is 0.696. The molecule has 0 aliphatic carbocycles. The van der Waals surface area contributed by atoms with E-state index in [1.807, 2.05) is 19.9 Å². The minimum absolute atomic E-state index is 0.0916. The van der Waals surface area contributed by atoms with E-state index in [0.29, 0.717) is 11.4 Å². The largest absolute Gasteiger partial charge is 0.465 e. The lowest BCUT2D eigenvalue weighted by molar-refractivity contribution is -0.116. The van der Waals surface area contributed by atoms with Crippen molar-refractivity contribution in [2.24, 2.45) is 0 Å². The average molecular weight is 439 g/mol. The number of aryl methyl sites for hydroxylation is 2. The summed E-state index contributed by atoms with van der Waals surface area (Å²) in [6.07, 6.45) is 1.05. The maximum absolute atomic E-state index is 12.8. The van der Waals surface area contributed by atoms with Crippen LogP contribution in [0.5, 0.6) is 0 Å². The van der Waals surface area contributed by atoms with E-state index in [4.69, 9.17) is 11.6 Å². The molecule has 1 amide bonds. The van der Waals surface area contributed by atoms with Crippen LogP contribution >= 0.6 is 11.6 Å². The number of methoxy groups -OCH3 is 1. The highest BCUT2D eigenvalue weighted by atomic mass is 35.5. The number of amides is 1. The summed E-state index contributed by atoms with van der Waals surface area (Å²) in [4.78, 5) is 24.6. The number of hydrogen-bond acceptors (Lipinski definition) is 5. The van der Waals surface area contributed by atoms with Crippen LogP contribution in [0.1, 0.15) is 28.4 Å². The molecule has 156 valence electrons. The molecule has 0 radical (unpaired) electrons. The van der Waals surface area contributed by atoms with Crippen LogP contribution in [0.2, 0.25) is 5.02 Å². The fraction of sp³-hybridized carbons (Fsp3) is 0.300. The van der Waals surface area contributed by atoms with Crippen molar-refractivity contribution in [3.05, 3.63) is 58.1 Å². The van der Waals surface area contributed by atoms with Crippen LogP contribution in [0.25, 0.3) is 0 Å². The monoisotopic (exact) mass is 438 g/mol. The summed E-state index contributed by atoms with van der Waals surface area (Å²) in [6.45, 7) is 5.19. The fourth-order valence-corrected chi connectivity index (χ4v) is 4.36. The van der Waals surface area contributed by atoms with Crippen LogP contribution in [0.15, 0.2) is 36.4 Å². The molecule has 0 saturated heterocycles. The van der Waals surface area contributed by atoms with E-state index in [1.54, 1.807) is 12.1 Å². The number of ether oxygens (including phenoxy) is 1. The number of carbonyl (C=O) groups is 2. The molecule has 0 spiro atoms. The molecule has 2 aromatic rings. The third-order valence-corrected chi connectivity index (χ3v) is 5.76. The fourth-order valence-electron chi connectivity index (χ4n) is 3.00. The number of benzene rings is 2. The predicted octanol–water partition coefficient (Wildman–Crippen LogP) is 3.54. The van der Waals surface area contributed by atoms with Crippen LogP contribution in [-0.4, -0.2) is 39.7 Å². The maximum atomic E-state index is 12.8. The Hall–Kier alpha value is -2.58. The van der Waals surface area contributed by atoms with Crippen molar-refractivity contribution in [1.29, 1.82) is 0 Å². The molecule has 0 aromatic heterocycles. The molecule has 1 atom stereocenters. The van der Waals surface area contributed by atoms with Crippen LogP contribution in [0, 0.1) is 13.8 Å². The number of nitrogens with one attached hydrogen (secondary N) is 1. The summed E-state index contributed by atoms with van der Waals surface area (Å²) in [5.74, 6) is -1.21. The van der Waals surface area contributed by atoms with Crippen molar-refractivity contribution in [3.63, 3.8) is 0 Å². The number of halogens is 1. The Morgan fingerprint density at radius 3 is 2.21 bits per heavy atom. The number of nitrogens with zero attached hydrogens (tertiary/aromatic N) is 1. The van der Waals surface area contributed by atoms with Crippen molar-refractivity contribution >= 4 is 44.9 Å². The molecule has 0 bridgehead atoms. The number of sulfonamides is 1. The van der Waals surface area contributed by atoms with Crippen molar-refractivity contribution in [1.82, 2.24) is 0 Å². The van der Waals surface area contributed by atoms with Gasteiger partial charge in [-0.15, -0.1) is 0 Å². The topological polar surface area (TPSA) is 92.8 Å². The molecule has 0 heterocycles. The summed E-state index contributed by atoms with van der Waals surface area (Å²) in [5.41, 5.74) is 2.54. The molecule has 0 aliphatic heterocycles. The van der Waals surface area contributed by atoms with Crippen molar-refractivity contribution in [3.8, 4) is 0 Å². The smallest absolute Gasteiger partial charge is 0.339 e. The highest BCUT2D eigenvalue weighted by Gasteiger charge is 2.29. The molecule has 2 aromatic carbocycles. The van der Waals surface area contributed by atoms with E-state index < -0.39 is 27.9 Å². The van der Waals surface area contributed by atoms with Gasteiger partial charge in [0, 0.05) is 5.69 Å². The number of esters is 1. The van der Waals surface area contributed by atoms with E-state index in [9.17, 15) is 18.0 Å². The number of hydrogen-bond donors (Lipinski definition) is 1. The third kappa shape index (κ3) is 5.48. The van der Waals surface area contributed by atoms with Gasteiger partial charge in [-0.25, -0.2) is 13.2 Å². The first-order valence-electron chi connectivity index (χ1n) is 8.70. The van der Waals surface area contributed by atoms with Crippen molar-refractivity contribution < 1.29 is 22.7 Å². The Labute approximate surface area is 175 Å². The van der Waals surface area contributed by atoms with E-state index in [0.717, 1.165) is 21.7 Å². The van der Waals surface area contributed by atoms with Gasteiger partial charge < -0.3 is 10.1 Å². The minimum atomic E-state index is -3.74. The van der Waals surface area contributed by atoms with Gasteiger partial charge in [0.25, 0.3) is 0 Å². The molecule has 0 aliphatic rings. The van der Waals surface area contributed by atoms with Gasteiger partial charge in [-0.2, -0.15) is 0 Å². The van der Waals surface area contributed by atoms with Gasteiger partial charge in [0.05, 0.1) is 29.6 Å². The Balaban J connectivity index is 2.36. The Morgan fingerprint density at radius 2 is 1.69 bits per heavy atom. The summed E-state index contributed by atoms with van der Waals surface area (Å²) in [5, 5.41) is 2.81. The van der Waals surface area contributed by atoms with Crippen molar-refractivity contribution in [2.45, 2.75) is 26.8 Å². The zero-order valence-electron chi connectivity index (χ0n) is 16.8. The molecule has 0 saturated carbocycles. The predicted molar refractivity (Wildman–Crippen MR) is 114 cm³/mol. The van der Waals surface area contributed by atoms with Crippen LogP contribution in [-0.2, 0) is 19.6 Å². The molecular formula is C20H23ClN2O5S. The molecule has 0 fully saturated rings. The van der Waals surface area contributed by atoms with Crippen molar-refractivity contribution in [2.75, 3.05) is 23.0 Å². The lowest BCUT2D eigenvalue weighted by Crippen LogP contribution is -2.45. The SMILES string of the molecule is COC(=O)c1cc(NC(=O)[C@H](C)N(c2cc(C)cc(C)c2)S(C)(=O)=O)ccc1Cl. The zero-order chi connectivity index (χ0) is 21.9. The van der Waals surface area contributed by atoms with Gasteiger partial charge in [-0.05, 0) is 62.2 Å². The van der Waals surface area contributed by atoms with Gasteiger partial charge in [0.2, 0.25) is 15.9 Å². The summed E-state index contributed by atoms with van der Waals surface area (Å²) in [6, 6.07) is 8.62. The lowest BCUT2D eigenvalue weighted by Gasteiger charge is -2.29. The standard InChI is InChI=1S/C20H23ClN2O5S/c1-12-8-13(2)10-16(9-12)23(29(5,26)27)14(3)19(24)22-15-6-7-18(21)17(11-15)20(25)28-4/h6-11,14H,1-5H3,(H,22,24)/t14-/m0/s1. The molecule has 7 nitrogen and oxygen atoms in total. The minimum Gasteiger partial charge on any atom is -0.465 e. The second kappa shape index (κ2) is 8.84. The van der Waals surface area contributed by atoms with E-state index >= 15 is 0 Å². The molecule has 1 N–H and O–H groups in total. The first-order chi connectivity index (χ1) is 13.4. The van der Waals surface area contributed by atoms with Gasteiger partial charge >= 0.3 is 5.97 Å². The van der Waals surface area contributed by atoms with E-state index in [-0.39, 0.29) is 10.6 Å². The Morgan fingerprint density at radius 1 is 1.10 bits per heavy atom. The molecule has 2 rings (SSSR count). The highest BCUT2D eigenvalue weighted by Crippen LogP contribution is 2.25. The Bertz CT molecular complexity index is 1030. The van der Waals surface area contributed by atoms with Gasteiger partial charge in [-0.3, -0.25) is 9.10 Å². The molecule has 9 heteroatoms. The summed E-state index contributed by atoms with van der Waals surface area (Å²) in [7, 11) is -2.52. The third-order valence-electron chi connectivity index (χ3n) is 4.19. The number of anilines is 2. The van der Waals surface area contributed by atoms with E-state index in [1.165, 1.54) is 32.2 Å². The summed E-state index contributed by atoms with van der Waals surface area (Å²) >= 11 is 5.99. The average Bonchev–Trinajstić information content (AvgIpc) is 2.60. The maximum Gasteiger partial charge on any atom is 0.339 e. The number of rotatable bonds is 6. The van der Waals surface area contributed by atoms with Crippen LogP contribution in [0.4, 0.5) is 11.4 Å². The second-order valence-corrected chi connectivity index (χ2v) is 9.02. The van der Waals surface area contributed by atoms with Gasteiger partial charge in [0.15, 0.2) is 0 Å². The first kappa shape index (κ1) is 22.7. The lowest BCUT2D eigenvalue weighted by atomic mass is 10.1. The highest BCUT2D eigenvalue weighted by molar-refractivity contribution is 7.92. The molecule has 29 heavy (non-hydrogen) atoms. The second-order valence-electron chi connectivity index (χ2n) is 6.76. The van der Waals surface area contributed by atoms with Crippen LogP contribution < -0.4 is 9.62 Å². The van der Waals surface area contributed by atoms with Crippen LogP contribution in [0.3, 0.4) is 0 Å². The molecular weight excluding hydrogens is 416 g/mol. The summed E-state index contributed by atoms with van der Waals surface area (Å²) < 4.78 is 30.6. The number of carbonyl (C=O) groups excluding carboxylic acids is 2. The Kier molecular flexibility index (Phi) is 6.92. The van der Waals surface area contributed by atoms with Gasteiger partial charge in [0.1, 0.15) is 6.04 Å². The molecule has 0 unspecified atom stereocenters. The van der Waals surface area contributed by atoms with Gasteiger partial charge in [-0.1, -0.05) is 17.7 Å².